The maximum Gasteiger partial charge on any atom is 0.254 e. The summed E-state index contributed by atoms with van der Waals surface area (Å²) in [4.78, 5) is 15.2. The second-order valence-electron chi connectivity index (χ2n) is 8.25. The van der Waals surface area contributed by atoms with E-state index in [4.69, 9.17) is 0 Å². The van der Waals surface area contributed by atoms with Crippen molar-refractivity contribution in [2.24, 2.45) is 0 Å². The first-order valence-corrected chi connectivity index (χ1v) is 12.8. The lowest BCUT2D eigenvalue weighted by atomic mass is 10.0. The van der Waals surface area contributed by atoms with Gasteiger partial charge in [-0.3, -0.25) is 4.79 Å². The predicted octanol–water partition coefficient (Wildman–Crippen LogP) is 3.98. The molecule has 5 nitrogen and oxygen atoms in total. The summed E-state index contributed by atoms with van der Waals surface area (Å²) in [5.41, 5.74) is 3.35. The van der Waals surface area contributed by atoms with Crippen LogP contribution < -0.4 is 0 Å². The van der Waals surface area contributed by atoms with E-state index in [1.54, 1.807) is 16.1 Å². The SMILES string of the molecule is Cc1cc(C)c(S(=O)(=O)N2CCC3(CC2)SCCN3C(=O)c2ccccc2)c(C)c1. The van der Waals surface area contributed by atoms with E-state index in [-0.39, 0.29) is 10.8 Å². The van der Waals surface area contributed by atoms with E-state index >= 15 is 0 Å². The zero-order valence-corrected chi connectivity index (χ0v) is 19.4. The second kappa shape index (κ2) is 8.02. The Kier molecular flexibility index (Phi) is 5.72. The first kappa shape index (κ1) is 21.4. The van der Waals surface area contributed by atoms with Gasteiger partial charge in [0.1, 0.15) is 0 Å². The van der Waals surface area contributed by atoms with Crippen molar-refractivity contribution in [2.45, 2.75) is 43.4 Å². The van der Waals surface area contributed by atoms with Gasteiger partial charge < -0.3 is 4.90 Å². The van der Waals surface area contributed by atoms with Crippen molar-refractivity contribution in [3.63, 3.8) is 0 Å². The van der Waals surface area contributed by atoms with E-state index in [1.165, 1.54) is 0 Å². The maximum absolute atomic E-state index is 13.4. The first-order valence-electron chi connectivity index (χ1n) is 10.3. The molecule has 2 aliphatic rings. The molecule has 1 spiro atoms. The van der Waals surface area contributed by atoms with Crippen LogP contribution in [0, 0.1) is 20.8 Å². The number of hydrogen-bond acceptors (Lipinski definition) is 4. The van der Waals surface area contributed by atoms with E-state index < -0.39 is 10.0 Å². The van der Waals surface area contributed by atoms with Crippen LogP contribution in [0.25, 0.3) is 0 Å². The molecule has 0 saturated carbocycles. The molecule has 0 atom stereocenters. The molecule has 0 bridgehead atoms. The average molecular weight is 445 g/mol. The number of thioether (sulfide) groups is 1. The number of sulfonamides is 1. The lowest BCUT2D eigenvalue weighted by molar-refractivity contribution is 0.0605. The Hall–Kier alpha value is -1.83. The van der Waals surface area contributed by atoms with Gasteiger partial charge in [0.15, 0.2) is 0 Å². The van der Waals surface area contributed by atoms with Crippen molar-refractivity contribution in [1.82, 2.24) is 9.21 Å². The first-order chi connectivity index (χ1) is 14.2. The standard InChI is InChI=1S/C23H28N2O3S2/c1-17-15-18(2)21(19(3)16-17)30(27,28)24-11-9-23(10-12-24)25(13-14-29-23)22(26)20-7-5-4-6-8-20/h4-8,15-16H,9-14H2,1-3H3. The number of aryl methyl sites for hydroxylation is 3. The minimum Gasteiger partial charge on any atom is -0.323 e. The van der Waals surface area contributed by atoms with Gasteiger partial charge in [0.05, 0.1) is 9.77 Å². The Morgan fingerprint density at radius 3 is 2.17 bits per heavy atom. The summed E-state index contributed by atoms with van der Waals surface area (Å²) in [6.45, 7) is 7.29. The number of rotatable bonds is 3. The lowest BCUT2D eigenvalue weighted by Crippen LogP contribution is -2.53. The Labute approximate surface area is 183 Å². The number of hydrogen-bond donors (Lipinski definition) is 0. The molecule has 2 aromatic carbocycles. The summed E-state index contributed by atoms with van der Waals surface area (Å²) >= 11 is 1.80. The molecule has 2 heterocycles. The highest BCUT2D eigenvalue weighted by molar-refractivity contribution is 8.00. The Morgan fingerprint density at radius 2 is 1.57 bits per heavy atom. The molecule has 2 fully saturated rings. The molecule has 2 saturated heterocycles. The van der Waals surface area contributed by atoms with Gasteiger partial charge >= 0.3 is 0 Å². The van der Waals surface area contributed by atoms with Crippen LogP contribution in [0.3, 0.4) is 0 Å². The molecular weight excluding hydrogens is 416 g/mol. The summed E-state index contributed by atoms with van der Waals surface area (Å²) in [7, 11) is -3.56. The van der Waals surface area contributed by atoms with Crippen molar-refractivity contribution in [3.8, 4) is 0 Å². The van der Waals surface area contributed by atoms with Crippen molar-refractivity contribution in [2.75, 3.05) is 25.4 Å². The van der Waals surface area contributed by atoms with Crippen LogP contribution in [0.4, 0.5) is 0 Å². The number of nitrogens with zero attached hydrogens (tertiary/aromatic N) is 2. The molecule has 2 aliphatic heterocycles. The number of carbonyl (C=O) groups excluding carboxylic acids is 1. The topological polar surface area (TPSA) is 57.7 Å². The molecule has 1 amide bonds. The van der Waals surface area contributed by atoms with E-state index in [2.05, 4.69) is 0 Å². The third-order valence-corrected chi connectivity index (χ3v) is 9.91. The fraction of sp³-hybridized carbons (Fsp3) is 0.435. The molecule has 30 heavy (non-hydrogen) atoms. The minimum atomic E-state index is -3.56. The molecule has 0 radical (unpaired) electrons. The van der Waals surface area contributed by atoms with Gasteiger partial charge in [-0.25, -0.2) is 8.42 Å². The fourth-order valence-electron chi connectivity index (χ4n) is 4.82. The smallest absolute Gasteiger partial charge is 0.254 e. The third kappa shape index (κ3) is 3.67. The van der Waals surface area contributed by atoms with Crippen LogP contribution in [0.15, 0.2) is 47.4 Å². The number of piperidine rings is 1. The van der Waals surface area contributed by atoms with Crippen molar-refractivity contribution >= 4 is 27.7 Å². The van der Waals surface area contributed by atoms with Crippen molar-refractivity contribution in [1.29, 1.82) is 0 Å². The van der Waals surface area contributed by atoms with Crippen LogP contribution in [-0.4, -0.2) is 53.8 Å². The summed E-state index contributed by atoms with van der Waals surface area (Å²) in [5.74, 6) is 0.934. The number of benzene rings is 2. The van der Waals surface area contributed by atoms with Gasteiger partial charge in [-0.15, -0.1) is 11.8 Å². The highest BCUT2D eigenvalue weighted by Crippen LogP contribution is 2.45. The molecule has 7 heteroatoms. The number of amides is 1. The summed E-state index contributed by atoms with van der Waals surface area (Å²) in [5, 5.41) is 0. The summed E-state index contributed by atoms with van der Waals surface area (Å²) in [6, 6.07) is 13.2. The highest BCUT2D eigenvalue weighted by Gasteiger charge is 2.48. The zero-order valence-electron chi connectivity index (χ0n) is 17.7. The van der Waals surface area contributed by atoms with Gasteiger partial charge in [0.2, 0.25) is 10.0 Å². The zero-order chi connectivity index (χ0) is 21.5. The van der Waals surface area contributed by atoms with Crippen LogP contribution in [-0.2, 0) is 10.0 Å². The molecule has 160 valence electrons. The molecule has 0 aliphatic carbocycles. The van der Waals surface area contributed by atoms with Gasteiger partial charge in [-0.1, -0.05) is 35.9 Å². The highest BCUT2D eigenvalue weighted by atomic mass is 32.2. The normalized spacial score (nSPS) is 19.4. The van der Waals surface area contributed by atoms with E-state index in [1.807, 2.05) is 68.1 Å². The third-order valence-electron chi connectivity index (χ3n) is 6.15. The van der Waals surface area contributed by atoms with Gasteiger partial charge in [0, 0.05) is 31.0 Å². The Balaban J connectivity index is 1.55. The molecule has 0 N–H and O–H groups in total. The monoisotopic (exact) mass is 444 g/mol. The number of carbonyl (C=O) groups is 1. The maximum atomic E-state index is 13.4. The molecule has 0 unspecified atom stereocenters. The lowest BCUT2D eigenvalue weighted by Gasteiger charge is -2.43. The molecule has 0 aromatic heterocycles. The minimum absolute atomic E-state index is 0.0436. The predicted molar refractivity (Wildman–Crippen MR) is 121 cm³/mol. The van der Waals surface area contributed by atoms with Gasteiger partial charge in [0.25, 0.3) is 5.91 Å². The quantitative estimate of drug-likeness (QED) is 0.719. The van der Waals surface area contributed by atoms with E-state index in [0.29, 0.717) is 42.9 Å². The molecular formula is C23H28N2O3S2. The van der Waals surface area contributed by atoms with Gasteiger partial charge in [-0.05, 0) is 56.9 Å². The van der Waals surface area contributed by atoms with Crippen molar-refractivity contribution < 1.29 is 13.2 Å². The Morgan fingerprint density at radius 1 is 0.967 bits per heavy atom. The van der Waals surface area contributed by atoms with Gasteiger partial charge in [-0.2, -0.15) is 4.31 Å². The van der Waals surface area contributed by atoms with E-state index in [9.17, 15) is 13.2 Å². The fourth-order valence-corrected chi connectivity index (χ4v) is 8.13. The second-order valence-corrected chi connectivity index (χ2v) is 11.6. The van der Waals surface area contributed by atoms with Crippen LogP contribution in [0.5, 0.6) is 0 Å². The largest absolute Gasteiger partial charge is 0.323 e. The summed E-state index contributed by atoms with van der Waals surface area (Å²) in [6.07, 6.45) is 1.30. The van der Waals surface area contributed by atoms with E-state index in [0.717, 1.165) is 22.4 Å². The Bertz CT molecular complexity index is 1040. The van der Waals surface area contributed by atoms with Crippen molar-refractivity contribution in [3.05, 3.63) is 64.7 Å². The average Bonchev–Trinajstić information content (AvgIpc) is 3.10. The molecule has 4 rings (SSSR count). The summed E-state index contributed by atoms with van der Waals surface area (Å²) < 4.78 is 28.4. The van der Waals surface area contributed by atoms with Crippen LogP contribution in [0.1, 0.15) is 39.9 Å². The van der Waals surface area contributed by atoms with Crippen LogP contribution in [0.2, 0.25) is 0 Å². The van der Waals surface area contributed by atoms with Crippen LogP contribution >= 0.6 is 11.8 Å². The molecule has 2 aromatic rings.